The molecule has 1 aliphatic heterocycles. The Kier molecular flexibility index (Phi) is 6.02. The third kappa shape index (κ3) is 4.33. The summed E-state index contributed by atoms with van der Waals surface area (Å²) in [6.45, 7) is 5.79. The maximum atomic E-state index is 12.6. The van der Waals surface area contributed by atoms with E-state index in [-0.39, 0.29) is 17.7 Å². The predicted octanol–water partition coefficient (Wildman–Crippen LogP) is 4.34. The smallest absolute Gasteiger partial charge is 0.223 e. The normalized spacial score (nSPS) is 17.3. The number of carbonyl (C=O) groups excluding carboxylic acids is 1. The molecule has 1 aromatic rings. The van der Waals surface area contributed by atoms with Gasteiger partial charge in [-0.1, -0.05) is 41.9 Å². The number of benzene rings is 1. The molecule has 22 heavy (non-hydrogen) atoms. The molecule has 0 radical (unpaired) electrons. The molecule has 1 unspecified atom stereocenters. The van der Waals surface area contributed by atoms with Gasteiger partial charge in [-0.3, -0.25) is 4.79 Å². The van der Waals surface area contributed by atoms with Crippen molar-refractivity contribution in [3.63, 3.8) is 0 Å². The highest BCUT2D eigenvalue weighted by Gasteiger charge is 2.26. The number of likely N-dealkylation sites (tertiary alicyclic amines) is 1. The highest BCUT2D eigenvalue weighted by atomic mass is 79.9. The topological polar surface area (TPSA) is 44.1 Å². The summed E-state index contributed by atoms with van der Waals surface area (Å²) < 4.78 is 1.06. The predicted molar refractivity (Wildman–Crippen MR) is 91.3 cm³/mol. The van der Waals surface area contributed by atoms with E-state index in [2.05, 4.69) is 48.0 Å². The Hall–Kier alpha value is -1.34. The van der Waals surface area contributed by atoms with Crippen molar-refractivity contribution in [2.45, 2.75) is 39.0 Å². The first-order valence-electron chi connectivity index (χ1n) is 7.94. The molecule has 3 nitrogen and oxygen atoms in total. The number of amides is 1. The van der Waals surface area contributed by atoms with Gasteiger partial charge in [-0.2, -0.15) is 5.26 Å². The van der Waals surface area contributed by atoms with E-state index in [0.717, 1.165) is 30.4 Å². The Morgan fingerprint density at radius 3 is 2.41 bits per heavy atom. The van der Waals surface area contributed by atoms with Gasteiger partial charge in [0.05, 0.1) is 6.07 Å². The van der Waals surface area contributed by atoms with Crippen molar-refractivity contribution in [1.29, 1.82) is 5.26 Å². The van der Waals surface area contributed by atoms with Crippen molar-refractivity contribution in [3.8, 4) is 6.07 Å². The van der Waals surface area contributed by atoms with E-state index in [9.17, 15) is 4.79 Å². The molecule has 1 atom stereocenters. The molecular formula is C18H23BrN2O. The van der Waals surface area contributed by atoms with Crippen LogP contribution in [-0.4, -0.2) is 23.9 Å². The quantitative estimate of drug-likeness (QED) is 0.799. The fourth-order valence-corrected chi connectivity index (χ4v) is 3.29. The molecule has 1 heterocycles. The average molecular weight is 363 g/mol. The maximum absolute atomic E-state index is 12.6. The summed E-state index contributed by atoms with van der Waals surface area (Å²) in [6.07, 6.45) is 2.18. The highest BCUT2D eigenvalue weighted by Crippen LogP contribution is 2.30. The van der Waals surface area contributed by atoms with Crippen LogP contribution in [0.25, 0.3) is 0 Å². The van der Waals surface area contributed by atoms with Crippen LogP contribution in [-0.2, 0) is 4.79 Å². The Labute approximate surface area is 141 Å². The molecule has 1 aliphatic rings. The summed E-state index contributed by atoms with van der Waals surface area (Å²) in [7, 11) is 0. The lowest BCUT2D eigenvalue weighted by molar-refractivity contribution is -0.133. The van der Waals surface area contributed by atoms with Gasteiger partial charge < -0.3 is 4.90 Å². The van der Waals surface area contributed by atoms with E-state index >= 15 is 0 Å². The first-order valence-corrected chi connectivity index (χ1v) is 8.73. The molecule has 0 saturated carbocycles. The largest absolute Gasteiger partial charge is 0.343 e. The van der Waals surface area contributed by atoms with Crippen molar-refractivity contribution >= 4 is 21.8 Å². The van der Waals surface area contributed by atoms with Crippen LogP contribution >= 0.6 is 15.9 Å². The SMILES string of the molecule is CC(C)C(CC(=O)N1CCC(C#N)CC1)c1ccc(Br)cc1. The minimum Gasteiger partial charge on any atom is -0.343 e. The number of carbonyl (C=O) groups is 1. The first-order chi connectivity index (χ1) is 10.5. The summed E-state index contributed by atoms with van der Waals surface area (Å²) in [4.78, 5) is 14.5. The molecule has 0 spiro atoms. The zero-order valence-corrected chi connectivity index (χ0v) is 14.8. The molecule has 4 heteroatoms. The van der Waals surface area contributed by atoms with Gasteiger partial charge in [-0.05, 0) is 42.4 Å². The Morgan fingerprint density at radius 1 is 1.32 bits per heavy atom. The third-order valence-electron chi connectivity index (χ3n) is 4.53. The van der Waals surface area contributed by atoms with Gasteiger partial charge in [0.15, 0.2) is 0 Å². The third-order valence-corrected chi connectivity index (χ3v) is 5.06. The minimum absolute atomic E-state index is 0.122. The molecule has 0 aliphatic carbocycles. The second-order valence-electron chi connectivity index (χ2n) is 6.39. The van der Waals surface area contributed by atoms with Crippen LogP contribution in [0.4, 0.5) is 0 Å². The van der Waals surface area contributed by atoms with Gasteiger partial charge >= 0.3 is 0 Å². The van der Waals surface area contributed by atoms with E-state index in [1.165, 1.54) is 5.56 Å². The lowest BCUT2D eigenvalue weighted by Gasteiger charge is -2.31. The molecule has 2 rings (SSSR count). The van der Waals surface area contributed by atoms with Crippen LogP contribution in [0, 0.1) is 23.2 Å². The molecular weight excluding hydrogens is 340 g/mol. The Balaban J connectivity index is 2.01. The number of hydrogen-bond acceptors (Lipinski definition) is 2. The fraction of sp³-hybridized carbons (Fsp3) is 0.556. The summed E-state index contributed by atoms with van der Waals surface area (Å²) in [5.74, 6) is 1.01. The molecule has 0 N–H and O–H groups in total. The molecule has 1 saturated heterocycles. The Morgan fingerprint density at radius 2 is 1.91 bits per heavy atom. The highest BCUT2D eigenvalue weighted by molar-refractivity contribution is 9.10. The van der Waals surface area contributed by atoms with Gasteiger partial charge in [0, 0.05) is 29.9 Å². The van der Waals surface area contributed by atoms with Crippen LogP contribution in [0.5, 0.6) is 0 Å². The fourth-order valence-electron chi connectivity index (χ4n) is 3.02. The van der Waals surface area contributed by atoms with E-state index in [4.69, 9.17) is 5.26 Å². The van der Waals surface area contributed by atoms with E-state index in [1.54, 1.807) is 0 Å². The van der Waals surface area contributed by atoms with E-state index < -0.39 is 0 Å². The van der Waals surface area contributed by atoms with Crippen molar-refractivity contribution in [1.82, 2.24) is 4.90 Å². The summed E-state index contributed by atoms with van der Waals surface area (Å²) in [5, 5.41) is 8.95. The standard InChI is InChI=1S/C18H23BrN2O/c1-13(2)17(15-3-5-16(19)6-4-15)11-18(22)21-9-7-14(12-20)8-10-21/h3-6,13-14,17H,7-11H2,1-2H3. The molecule has 0 bridgehead atoms. The molecule has 1 aromatic carbocycles. The second-order valence-corrected chi connectivity index (χ2v) is 7.31. The number of rotatable bonds is 4. The number of nitrogens with zero attached hydrogens (tertiary/aromatic N) is 2. The van der Waals surface area contributed by atoms with Crippen molar-refractivity contribution in [2.75, 3.05) is 13.1 Å². The van der Waals surface area contributed by atoms with Crippen molar-refractivity contribution < 1.29 is 4.79 Å². The van der Waals surface area contributed by atoms with E-state index in [0.29, 0.717) is 12.3 Å². The zero-order valence-electron chi connectivity index (χ0n) is 13.3. The van der Waals surface area contributed by atoms with Crippen LogP contribution in [0.3, 0.4) is 0 Å². The van der Waals surface area contributed by atoms with Gasteiger partial charge in [0.25, 0.3) is 0 Å². The average Bonchev–Trinajstić information content (AvgIpc) is 2.53. The summed E-state index contributed by atoms with van der Waals surface area (Å²) in [5.41, 5.74) is 1.22. The van der Waals surface area contributed by atoms with Gasteiger partial charge in [-0.15, -0.1) is 0 Å². The lowest BCUT2D eigenvalue weighted by atomic mass is 9.85. The van der Waals surface area contributed by atoms with Crippen molar-refractivity contribution in [2.24, 2.45) is 11.8 Å². The summed E-state index contributed by atoms with van der Waals surface area (Å²) >= 11 is 3.46. The number of hydrogen-bond donors (Lipinski definition) is 0. The number of halogens is 1. The van der Waals surface area contributed by atoms with Crippen LogP contribution in [0.1, 0.15) is 44.6 Å². The second kappa shape index (κ2) is 7.78. The van der Waals surface area contributed by atoms with Crippen LogP contribution in [0.2, 0.25) is 0 Å². The van der Waals surface area contributed by atoms with Gasteiger partial charge in [0.1, 0.15) is 0 Å². The van der Waals surface area contributed by atoms with Crippen LogP contribution in [0.15, 0.2) is 28.7 Å². The summed E-state index contributed by atoms with van der Waals surface area (Å²) in [6, 6.07) is 10.6. The molecule has 118 valence electrons. The molecule has 1 fully saturated rings. The van der Waals surface area contributed by atoms with E-state index in [1.807, 2.05) is 17.0 Å². The van der Waals surface area contributed by atoms with Crippen LogP contribution < -0.4 is 0 Å². The van der Waals surface area contributed by atoms with Gasteiger partial charge in [-0.25, -0.2) is 0 Å². The zero-order chi connectivity index (χ0) is 16.1. The Bertz CT molecular complexity index is 539. The van der Waals surface area contributed by atoms with Crippen molar-refractivity contribution in [3.05, 3.63) is 34.3 Å². The monoisotopic (exact) mass is 362 g/mol. The van der Waals surface area contributed by atoms with Gasteiger partial charge in [0.2, 0.25) is 5.91 Å². The number of nitriles is 1. The number of piperidine rings is 1. The maximum Gasteiger partial charge on any atom is 0.223 e. The molecule has 1 amide bonds. The first kappa shape index (κ1) is 17.0. The molecule has 0 aromatic heterocycles. The lowest BCUT2D eigenvalue weighted by Crippen LogP contribution is -2.39. The minimum atomic E-state index is 0.122.